The van der Waals surface area contributed by atoms with E-state index in [-0.39, 0.29) is 5.91 Å². The number of ether oxygens (including phenoxy) is 1. The third-order valence-corrected chi connectivity index (χ3v) is 4.95. The molecule has 2 aliphatic heterocycles. The van der Waals surface area contributed by atoms with Gasteiger partial charge < -0.3 is 9.64 Å². The molecule has 0 radical (unpaired) electrons. The van der Waals surface area contributed by atoms with Crippen molar-refractivity contribution < 1.29 is 9.53 Å². The summed E-state index contributed by atoms with van der Waals surface area (Å²) >= 11 is 12.2. The average Bonchev–Trinajstić information content (AvgIpc) is 3.09. The van der Waals surface area contributed by atoms with E-state index < -0.39 is 0 Å². The molecule has 20 heavy (non-hydrogen) atoms. The molecule has 1 amide bonds. The molecule has 2 unspecified atom stereocenters. The largest absolute Gasteiger partial charge is 0.381 e. The third kappa shape index (κ3) is 2.67. The van der Waals surface area contributed by atoms with E-state index in [0.717, 1.165) is 39.1 Å². The summed E-state index contributed by atoms with van der Waals surface area (Å²) in [6, 6.07) is 5.17. The lowest BCUT2D eigenvalue weighted by Crippen LogP contribution is -2.30. The first kappa shape index (κ1) is 14.2. The van der Waals surface area contributed by atoms with Crippen molar-refractivity contribution in [3.05, 3.63) is 33.8 Å². The van der Waals surface area contributed by atoms with Gasteiger partial charge >= 0.3 is 0 Å². The molecule has 2 heterocycles. The Morgan fingerprint density at radius 2 is 1.95 bits per heavy atom. The van der Waals surface area contributed by atoms with E-state index in [2.05, 4.69) is 0 Å². The van der Waals surface area contributed by atoms with Gasteiger partial charge in [0.15, 0.2) is 0 Å². The molecule has 3 nitrogen and oxygen atoms in total. The van der Waals surface area contributed by atoms with Gasteiger partial charge in [-0.15, -0.1) is 0 Å². The van der Waals surface area contributed by atoms with Gasteiger partial charge in [0.2, 0.25) is 0 Å². The predicted molar refractivity (Wildman–Crippen MR) is 79.4 cm³/mol. The summed E-state index contributed by atoms with van der Waals surface area (Å²) in [6.45, 7) is 3.25. The van der Waals surface area contributed by atoms with Crippen LogP contribution in [0.4, 0.5) is 0 Å². The highest BCUT2D eigenvalue weighted by Gasteiger charge is 2.34. The molecule has 0 bridgehead atoms. The maximum Gasteiger partial charge on any atom is 0.256 e. The second-order valence-electron chi connectivity index (χ2n) is 5.52. The van der Waals surface area contributed by atoms with Gasteiger partial charge in [0, 0.05) is 26.3 Å². The van der Waals surface area contributed by atoms with Crippen LogP contribution in [0.25, 0.3) is 0 Å². The van der Waals surface area contributed by atoms with Crippen LogP contribution in [-0.4, -0.2) is 37.1 Å². The number of nitrogens with zero attached hydrogens (tertiary/aromatic N) is 1. The fraction of sp³-hybridized carbons (Fsp3) is 0.533. The zero-order chi connectivity index (χ0) is 14.1. The van der Waals surface area contributed by atoms with Gasteiger partial charge in [-0.3, -0.25) is 4.79 Å². The van der Waals surface area contributed by atoms with Gasteiger partial charge in [-0.05, 0) is 36.8 Å². The Labute approximate surface area is 128 Å². The van der Waals surface area contributed by atoms with Crippen LogP contribution < -0.4 is 0 Å². The van der Waals surface area contributed by atoms with E-state index in [0.29, 0.717) is 27.4 Å². The Balaban J connectivity index is 1.72. The van der Waals surface area contributed by atoms with Crippen LogP contribution in [0, 0.1) is 11.8 Å². The van der Waals surface area contributed by atoms with Crippen LogP contribution in [0.2, 0.25) is 10.0 Å². The number of hydrogen-bond acceptors (Lipinski definition) is 2. The Kier molecular flexibility index (Phi) is 4.20. The number of likely N-dealkylation sites (tertiary alicyclic amines) is 1. The first-order chi connectivity index (χ1) is 9.66. The Hall–Kier alpha value is -0.770. The normalized spacial score (nSPS) is 26.2. The molecule has 1 aromatic carbocycles. The molecule has 0 N–H and O–H groups in total. The number of benzene rings is 1. The molecule has 0 aromatic heterocycles. The summed E-state index contributed by atoms with van der Waals surface area (Å²) < 4.78 is 5.44. The van der Waals surface area contributed by atoms with E-state index in [4.69, 9.17) is 27.9 Å². The van der Waals surface area contributed by atoms with Crippen LogP contribution >= 0.6 is 23.2 Å². The van der Waals surface area contributed by atoms with Crippen molar-refractivity contribution in [3.8, 4) is 0 Å². The fourth-order valence-electron chi connectivity index (χ4n) is 3.14. The predicted octanol–water partition coefficient (Wildman–Crippen LogP) is 3.49. The topological polar surface area (TPSA) is 29.5 Å². The minimum atomic E-state index is -0.0537. The summed E-state index contributed by atoms with van der Waals surface area (Å²) in [5, 5.41) is 0.852. The van der Waals surface area contributed by atoms with Gasteiger partial charge in [-0.2, -0.15) is 0 Å². The van der Waals surface area contributed by atoms with Gasteiger partial charge in [-0.25, -0.2) is 0 Å². The molecule has 0 spiro atoms. The molecule has 2 atom stereocenters. The van der Waals surface area contributed by atoms with Crippen LogP contribution in [-0.2, 0) is 4.74 Å². The number of carbonyl (C=O) groups excluding carboxylic acids is 1. The Morgan fingerprint density at radius 1 is 1.20 bits per heavy atom. The van der Waals surface area contributed by atoms with E-state index in [9.17, 15) is 4.79 Å². The summed E-state index contributed by atoms with van der Waals surface area (Å²) in [5.74, 6) is 1.08. The molecule has 2 saturated heterocycles. The molecular formula is C15H17Cl2NO2. The third-order valence-electron chi connectivity index (χ3n) is 4.32. The van der Waals surface area contributed by atoms with E-state index >= 15 is 0 Å². The highest BCUT2D eigenvalue weighted by Crippen LogP contribution is 2.32. The van der Waals surface area contributed by atoms with Crippen LogP contribution in [0.15, 0.2) is 18.2 Å². The van der Waals surface area contributed by atoms with Crippen molar-refractivity contribution >= 4 is 29.1 Å². The first-order valence-electron chi connectivity index (χ1n) is 6.98. The quantitative estimate of drug-likeness (QED) is 0.836. The molecule has 2 fully saturated rings. The molecule has 5 heteroatoms. The van der Waals surface area contributed by atoms with Crippen molar-refractivity contribution in [2.45, 2.75) is 12.8 Å². The molecule has 0 aliphatic carbocycles. The standard InChI is InChI=1S/C15H17Cl2NO2/c16-12-2-1-3-13(17)14(12)15(19)18-6-4-10(8-18)11-5-7-20-9-11/h1-3,10-11H,4-9H2. The smallest absolute Gasteiger partial charge is 0.256 e. The van der Waals surface area contributed by atoms with Crippen molar-refractivity contribution in [1.82, 2.24) is 4.90 Å². The van der Waals surface area contributed by atoms with E-state index in [1.807, 2.05) is 4.90 Å². The van der Waals surface area contributed by atoms with Gasteiger partial charge in [0.25, 0.3) is 5.91 Å². The van der Waals surface area contributed by atoms with Gasteiger partial charge in [0.1, 0.15) is 0 Å². The maximum atomic E-state index is 12.6. The molecule has 108 valence electrons. The molecule has 0 saturated carbocycles. The number of halogens is 2. The van der Waals surface area contributed by atoms with E-state index in [1.54, 1.807) is 18.2 Å². The zero-order valence-electron chi connectivity index (χ0n) is 11.1. The number of hydrogen-bond donors (Lipinski definition) is 0. The maximum absolute atomic E-state index is 12.6. The van der Waals surface area contributed by atoms with Crippen LogP contribution in [0.1, 0.15) is 23.2 Å². The highest BCUT2D eigenvalue weighted by atomic mass is 35.5. The second kappa shape index (κ2) is 5.92. The minimum absolute atomic E-state index is 0.0537. The summed E-state index contributed by atoms with van der Waals surface area (Å²) in [5.41, 5.74) is 0.430. The first-order valence-corrected chi connectivity index (χ1v) is 7.73. The van der Waals surface area contributed by atoms with Crippen molar-refractivity contribution in [2.75, 3.05) is 26.3 Å². The van der Waals surface area contributed by atoms with Gasteiger partial charge in [0.05, 0.1) is 15.6 Å². The van der Waals surface area contributed by atoms with E-state index in [1.165, 1.54) is 0 Å². The summed E-state index contributed by atoms with van der Waals surface area (Å²) in [4.78, 5) is 14.4. The van der Waals surface area contributed by atoms with Crippen molar-refractivity contribution in [3.63, 3.8) is 0 Å². The fourth-order valence-corrected chi connectivity index (χ4v) is 3.70. The number of amides is 1. The molecule has 3 rings (SSSR count). The monoisotopic (exact) mass is 313 g/mol. The Bertz CT molecular complexity index is 494. The molecule has 1 aromatic rings. The second-order valence-corrected chi connectivity index (χ2v) is 6.33. The van der Waals surface area contributed by atoms with Crippen molar-refractivity contribution in [2.24, 2.45) is 11.8 Å². The lowest BCUT2D eigenvalue weighted by molar-refractivity contribution is 0.0781. The zero-order valence-corrected chi connectivity index (χ0v) is 12.7. The van der Waals surface area contributed by atoms with Crippen molar-refractivity contribution in [1.29, 1.82) is 0 Å². The SMILES string of the molecule is O=C(c1c(Cl)cccc1Cl)N1CCC(C2CCOC2)C1. The lowest BCUT2D eigenvalue weighted by atomic mass is 9.91. The average molecular weight is 314 g/mol. The number of rotatable bonds is 2. The lowest BCUT2D eigenvalue weighted by Gasteiger charge is -2.20. The molecular weight excluding hydrogens is 297 g/mol. The highest BCUT2D eigenvalue weighted by molar-refractivity contribution is 6.39. The number of carbonyl (C=O) groups is 1. The molecule has 2 aliphatic rings. The van der Waals surface area contributed by atoms with Crippen LogP contribution in [0.3, 0.4) is 0 Å². The van der Waals surface area contributed by atoms with Gasteiger partial charge in [-0.1, -0.05) is 29.3 Å². The summed E-state index contributed by atoms with van der Waals surface area (Å²) in [7, 11) is 0. The summed E-state index contributed by atoms with van der Waals surface area (Å²) in [6.07, 6.45) is 2.15. The minimum Gasteiger partial charge on any atom is -0.381 e. The Morgan fingerprint density at radius 3 is 2.60 bits per heavy atom. The van der Waals surface area contributed by atoms with Crippen LogP contribution in [0.5, 0.6) is 0 Å².